The van der Waals surface area contributed by atoms with Gasteiger partial charge in [0.05, 0.1) is 32.3 Å². The molecule has 1 aliphatic rings. The summed E-state index contributed by atoms with van der Waals surface area (Å²) in [6.07, 6.45) is -5.21. The molecule has 1 aliphatic heterocycles. The van der Waals surface area contributed by atoms with Gasteiger partial charge in [0.1, 0.15) is 12.7 Å². The van der Waals surface area contributed by atoms with E-state index in [2.05, 4.69) is 0 Å². The third kappa shape index (κ3) is 8.22. The molecular weight excluding hydrogens is 774 g/mol. The molecule has 0 bridgehead atoms. The summed E-state index contributed by atoms with van der Waals surface area (Å²) < 4.78 is 24.6. The van der Waals surface area contributed by atoms with Crippen molar-refractivity contribution in [2.45, 2.75) is 24.5 Å². The number of nitrogens with zero attached hydrogens (tertiary/aromatic N) is 2. The van der Waals surface area contributed by atoms with Crippen molar-refractivity contribution >= 4 is 70.2 Å². The maximum Gasteiger partial charge on any atom is 0.340 e. The van der Waals surface area contributed by atoms with Crippen LogP contribution in [0.2, 0.25) is 20.1 Å². The monoisotopic (exact) mass is 796 g/mol. The van der Waals surface area contributed by atoms with Crippen molar-refractivity contribution in [2.75, 3.05) is 6.61 Å². The highest BCUT2D eigenvalue weighted by Crippen LogP contribution is 2.35. The van der Waals surface area contributed by atoms with E-state index in [0.717, 1.165) is 16.8 Å². The van der Waals surface area contributed by atoms with Crippen molar-refractivity contribution in [3.8, 4) is 0 Å². The van der Waals surface area contributed by atoms with Crippen LogP contribution in [0.15, 0.2) is 119 Å². The third-order valence-electron chi connectivity index (χ3n) is 7.97. The summed E-state index contributed by atoms with van der Waals surface area (Å²) in [7, 11) is 0. The Morgan fingerprint density at radius 2 is 1.17 bits per heavy atom. The van der Waals surface area contributed by atoms with Crippen molar-refractivity contribution in [1.29, 1.82) is 0 Å². The van der Waals surface area contributed by atoms with Gasteiger partial charge in [-0.2, -0.15) is 4.57 Å². The number of rotatable bonds is 9. The minimum absolute atomic E-state index is 0.00583. The maximum atomic E-state index is 14.0. The molecule has 12 nitrogen and oxygen atoms in total. The van der Waals surface area contributed by atoms with Crippen molar-refractivity contribution in [1.82, 2.24) is 9.13 Å². The van der Waals surface area contributed by atoms with Gasteiger partial charge >= 0.3 is 23.6 Å². The first-order valence-corrected chi connectivity index (χ1v) is 17.1. The van der Waals surface area contributed by atoms with E-state index in [0.29, 0.717) is 4.57 Å². The van der Waals surface area contributed by atoms with Gasteiger partial charge in [0.2, 0.25) is 0 Å². The maximum absolute atomic E-state index is 14.0. The Hall–Kier alpha value is -5.24. The lowest BCUT2D eigenvalue weighted by Crippen LogP contribution is -2.47. The number of halogens is 4. The van der Waals surface area contributed by atoms with E-state index in [1.807, 2.05) is 0 Å². The molecule has 0 aliphatic carbocycles. The fraction of sp³-hybridized carbons (Fsp3) is 0.135. The number of carbonyl (C=O) groups excluding carboxylic acids is 4. The molecule has 4 atom stereocenters. The van der Waals surface area contributed by atoms with E-state index in [-0.39, 0.29) is 42.3 Å². The molecule has 4 aromatic carbocycles. The van der Waals surface area contributed by atoms with Crippen LogP contribution in [-0.4, -0.2) is 57.9 Å². The van der Waals surface area contributed by atoms with Gasteiger partial charge in [-0.1, -0.05) is 82.8 Å². The summed E-state index contributed by atoms with van der Waals surface area (Å²) in [5.74, 6) is -3.77. The van der Waals surface area contributed by atoms with Crippen LogP contribution in [0.1, 0.15) is 47.7 Å². The zero-order valence-corrected chi connectivity index (χ0v) is 29.9. The van der Waals surface area contributed by atoms with Gasteiger partial charge in [-0.25, -0.2) is 19.2 Å². The number of ether oxygens (including phenoxy) is 4. The molecule has 0 spiro atoms. The van der Waals surface area contributed by atoms with Crippen LogP contribution in [0.25, 0.3) is 0 Å². The minimum Gasteiger partial charge on any atom is -0.459 e. The van der Waals surface area contributed by atoms with Crippen molar-refractivity contribution < 1.29 is 38.1 Å². The second-order valence-electron chi connectivity index (χ2n) is 11.4. The highest BCUT2D eigenvalue weighted by atomic mass is 35.5. The lowest BCUT2D eigenvalue weighted by Gasteiger charge is -2.25. The van der Waals surface area contributed by atoms with Gasteiger partial charge in [-0.15, -0.1) is 0 Å². The van der Waals surface area contributed by atoms with E-state index < -0.39 is 66.2 Å². The number of aromatic nitrogens is 2. The Labute approximate surface area is 319 Å². The molecule has 0 N–H and O–H groups in total. The predicted molar refractivity (Wildman–Crippen MR) is 193 cm³/mol. The molecule has 5 aromatic rings. The molecule has 1 saturated heterocycles. The lowest BCUT2D eigenvalue weighted by atomic mass is 10.1. The second kappa shape index (κ2) is 16.2. The number of carbonyl (C=O) groups is 4. The third-order valence-corrected chi connectivity index (χ3v) is 9.07. The smallest absolute Gasteiger partial charge is 0.340 e. The molecule has 1 fully saturated rings. The largest absolute Gasteiger partial charge is 0.459 e. The fourth-order valence-electron chi connectivity index (χ4n) is 5.41. The summed E-state index contributed by atoms with van der Waals surface area (Å²) in [6, 6.07) is 24.5. The quantitative estimate of drug-likeness (QED) is 0.119. The Bertz CT molecular complexity index is 2330. The minimum atomic E-state index is -1.66. The molecular formula is C37H24Cl4N2O10. The van der Waals surface area contributed by atoms with Gasteiger partial charge in [-0.05, 0) is 60.7 Å². The molecule has 0 unspecified atom stereocenters. The molecule has 0 radical (unpaired) electrons. The van der Waals surface area contributed by atoms with Crippen LogP contribution in [0, 0.1) is 0 Å². The number of benzene rings is 4. The van der Waals surface area contributed by atoms with Crippen LogP contribution >= 0.6 is 46.4 Å². The second-order valence-corrected chi connectivity index (χ2v) is 13.1. The van der Waals surface area contributed by atoms with E-state index in [9.17, 15) is 28.8 Å². The van der Waals surface area contributed by atoms with Crippen LogP contribution in [-0.2, 0) is 18.9 Å². The molecule has 0 saturated carbocycles. The summed E-state index contributed by atoms with van der Waals surface area (Å²) in [5, 5.41) is 0.335. The zero-order chi connectivity index (χ0) is 37.8. The zero-order valence-electron chi connectivity index (χ0n) is 26.9. The van der Waals surface area contributed by atoms with Gasteiger partial charge < -0.3 is 18.9 Å². The molecule has 6 rings (SSSR count). The Balaban J connectivity index is 1.42. The normalized spacial score (nSPS) is 17.9. The van der Waals surface area contributed by atoms with Crippen molar-refractivity contribution in [3.05, 3.63) is 173 Å². The molecule has 53 heavy (non-hydrogen) atoms. The van der Waals surface area contributed by atoms with E-state index >= 15 is 0 Å². The lowest BCUT2D eigenvalue weighted by molar-refractivity contribution is -0.0643. The Morgan fingerprint density at radius 1 is 0.642 bits per heavy atom. The summed E-state index contributed by atoms with van der Waals surface area (Å²) in [5.41, 5.74) is -2.29. The van der Waals surface area contributed by atoms with Crippen LogP contribution in [0.4, 0.5) is 0 Å². The summed E-state index contributed by atoms with van der Waals surface area (Å²) in [6.45, 7) is -0.617. The van der Waals surface area contributed by atoms with Crippen molar-refractivity contribution in [3.63, 3.8) is 0 Å². The first kappa shape index (κ1) is 37.5. The average molecular weight is 798 g/mol. The number of esters is 3. The molecule has 0 amide bonds. The standard InChI is InChI=1S/C37H24Cl4N2O10/c38-22-11-13-24(26(40)17-22)32(45)43-29(44)15-16-42(37(43)49)33-31(53-35(47)21-9-5-2-6-10-21)30(52-34(46)20-7-3-1-4-8-20)28(51-33)19-50-36(48)25-14-12-23(39)18-27(25)41/h1-18,28,30-31,33H,19H2/t28-,30+,31+,33-/m0/s1. The molecule has 16 heteroatoms. The Kier molecular flexibility index (Phi) is 11.5. The average Bonchev–Trinajstić information content (AvgIpc) is 3.46. The molecule has 270 valence electrons. The summed E-state index contributed by atoms with van der Waals surface area (Å²) >= 11 is 24.4. The van der Waals surface area contributed by atoms with Crippen LogP contribution in [0.3, 0.4) is 0 Å². The van der Waals surface area contributed by atoms with E-state index in [4.69, 9.17) is 65.4 Å². The SMILES string of the molecule is O=C(O[C@@H]1[C@H](OC(=O)c2ccccc2)[C@H](COC(=O)c2ccc(Cl)cc2Cl)O[C@@H]1n1ccc(=O)n(C(=O)c2ccc(Cl)cc2Cl)c1=O)c1ccccc1. The number of hydrogen-bond donors (Lipinski definition) is 0. The van der Waals surface area contributed by atoms with Gasteiger partial charge in [0, 0.05) is 22.3 Å². The van der Waals surface area contributed by atoms with Crippen molar-refractivity contribution in [2.24, 2.45) is 0 Å². The van der Waals surface area contributed by atoms with Crippen LogP contribution in [0.5, 0.6) is 0 Å². The van der Waals surface area contributed by atoms with Crippen LogP contribution < -0.4 is 11.2 Å². The molecule has 1 aromatic heterocycles. The van der Waals surface area contributed by atoms with Gasteiger partial charge in [0.25, 0.3) is 11.5 Å². The first-order chi connectivity index (χ1) is 25.4. The van der Waals surface area contributed by atoms with E-state index in [1.165, 1.54) is 60.7 Å². The Morgan fingerprint density at radius 3 is 1.72 bits per heavy atom. The number of hydrogen-bond acceptors (Lipinski definition) is 10. The van der Waals surface area contributed by atoms with E-state index in [1.54, 1.807) is 36.4 Å². The van der Waals surface area contributed by atoms with Gasteiger partial charge in [0.15, 0.2) is 18.4 Å². The molecule has 2 heterocycles. The highest BCUT2D eigenvalue weighted by Gasteiger charge is 2.52. The van der Waals surface area contributed by atoms with Gasteiger partial charge in [-0.3, -0.25) is 14.2 Å². The first-order valence-electron chi connectivity index (χ1n) is 15.6. The highest BCUT2D eigenvalue weighted by molar-refractivity contribution is 6.37. The fourth-order valence-corrected chi connectivity index (χ4v) is 6.39. The summed E-state index contributed by atoms with van der Waals surface area (Å²) in [4.78, 5) is 80.7. The predicted octanol–water partition coefficient (Wildman–Crippen LogP) is 6.52. The topological polar surface area (TPSA) is 149 Å².